The molecule has 0 spiro atoms. The SMILES string of the molecule is C=CC[CH]([SnH3])C(CC=C)(CC=C)C(=O)NN. The minimum atomic E-state index is -0.470. The van der Waals surface area contributed by atoms with Gasteiger partial charge in [0.1, 0.15) is 0 Å². The Bertz CT molecular complexity index is 266. The van der Waals surface area contributed by atoms with Crippen molar-refractivity contribution in [1.82, 2.24) is 5.43 Å². The first kappa shape index (κ1) is 15.4. The molecule has 16 heavy (non-hydrogen) atoms. The van der Waals surface area contributed by atoms with Crippen LogP contribution < -0.4 is 11.3 Å². The molecule has 0 aromatic rings. The molecule has 0 saturated heterocycles. The van der Waals surface area contributed by atoms with Crippen LogP contribution in [0.2, 0.25) is 3.93 Å². The summed E-state index contributed by atoms with van der Waals surface area (Å²) < 4.78 is 0.353. The molecule has 0 aliphatic carbocycles. The number of rotatable bonds is 8. The molecule has 0 aliphatic heterocycles. The number of hydrogen-bond donors (Lipinski definition) is 2. The van der Waals surface area contributed by atoms with Gasteiger partial charge in [0, 0.05) is 0 Å². The van der Waals surface area contributed by atoms with E-state index < -0.39 is 5.41 Å². The van der Waals surface area contributed by atoms with Gasteiger partial charge in [-0.15, -0.1) is 0 Å². The fraction of sp³-hybridized carbons (Fsp3) is 0.417. The van der Waals surface area contributed by atoms with E-state index in [1.807, 2.05) is 6.08 Å². The number of carbonyl (C=O) groups excluding carboxylic acids is 1. The maximum absolute atomic E-state index is 12.0. The topological polar surface area (TPSA) is 55.1 Å². The normalized spacial score (nSPS) is 12.8. The maximum atomic E-state index is 12.0. The zero-order valence-corrected chi connectivity index (χ0v) is 15.7. The zero-order chi connectivity index (χ0) is 12.6. The Hall–Kier alpha value is -0.551. The van der Waals surface area contributed by atoms with Gasteiger partial charge in [-0.05, 0) is 0 Å². The molecule has 0 saturated carbocycles. The molecule has 0 bridgehead atoms. The third kappa shape index (κ3) is 3.49. The molecule has 3 nitrogen and oxygen atoms in total. The van der Waals surface area contributed by atoms with E-state index in [1.165, 1.54) is 0 Å². The first-order chi connectivity index (χ1) is 7.58. The molecule has 1 amide bonds. The van der Waals surface area contributed by atoms with Crippen LogP contribution in [0.25, 0.3) is 0 Å². The molecular formula is C12H22N2OSn. The molecule has 0 aromatic carbocycles. The number of hydrazine groups is 1. The molecule has 0 rings (SSSR count). The summed E-state index contributed by atoms with van der Waals surface area (Å²) in [6.45, 7) is 11.2. The van der Waals surface area contributed by atoms with Gasteiger partial charge in [-0.25, -0.2) is 0 Å². The Kier molecular flexibility index (Phi) is 7.41. The van der Waals surface area contributed by atoms with Crippen molar-refractivity contribution in [2.45, 2.75) is 23.2 Å². The predicted molar refractivity (Wildman–Crippen MR) is 72.9 cm³/mol. The average molecular weight is 329 g/mol. The molecule has 0 fully saturated rings. The summed E-state index contributed by atoms with van der Waals surface area (Å²) in [5, 5.41) is 0. The average Bonchev–Trinajstić information content (AvgIpc) is 2.27. The molecule has 1 unspecified atom stereocenters. The summed E-state index contributed by atoms with van der Waals surface area (Å²) in [6.07, 6.45) is 7.55. The summed E-state index contributed by atoms with van der Waals surface area (Å²) in [7, 11) is 0. The zero-order valence-electron chi connectivity index (χ0n) is 10.0. The van der Waals surface area contributed by atoms with Crippen molar-refractivity contribution in [3.05, 3.63) is 38.0 Å². The summed E-state index contributed by atoms with van der Waals surface area (Å²) in [4.78, 5) is 12.0. The first-order valence-corrected chi connectivity index (χ1v) is 8.72. The second-order valence-electron chi connectivity index (χ2n) is 4.04. The van der Waals surface area contributed by atoms with Gasteiger partial charge in [-0.2, -0.15) is 0 Å². The molecule has 0 aliphatic rings. The molecular weight excluding hydrogens is 307 g/mol. The van der Waals surface area contributed by atoms with Crippen LogP contribution in [0.3, 0.4) is 0 Å². The fourth-order valence-electron chi connectivity index (χ4n) is 2.03. The Morgan fingerprint density at radius 3 is 2.12 bits per heavy atom. The van der Waals surface area contributed by atoms with E-state index in [0.29, 0.717) is 39.3 Å². The number of carbonyl (C=O) groups is 1. The molecule has 90 valence electrons. The van der Waals surface area contributed by atoms with Gasteiger partial charge in [0.15, 0.2) is 0 Å². The van der Waals surface area contributed by atoms with Crippen LogP contribution in [0, 0.1) is 5.41 Å². The number of hydrogen-bond acceptors (Lipinski definition) is 2. The number of amides is 1. The van der Waals surface area contributed by atoms with Crippen LogP contribution in [0.5, 0.6) is 0 Å². The van der Waals surface area contributed by atoms with Crippen LogP contribution in [-0.2, 0) is 4.79 Å². The number of nitrogens with one attached hydrogen (secondary N) is 1. The Morgan fingerprint density at radius 2 is 1.81 bits per heavy atom. The van der Waals surface area contributed by atoms with Crippen molar-refractivity contribution in [2.24, 2.45) is 11.3 Å². The standard InChI is InChI=1S/C12H19N2O.Sn.3H/c1-4-7-10-12(8-5-2,9-6-3)11(15)14-13;;;;/h4-6,10H,1-3,7-9,13H2,(H,14,15);;;;. The number of allylic oxidation sites excluding steroid dienone is 3. The van der Waals surface area contributed by atoms with Crippen LogP contribution >= 0.6 is 0 Å². The van der Waals surface area contributed by atoms with E-state index in [9.17, 15) is 4.79 Å². The van der Waals surface area contributed by atoms with Crippen molar-refractivity contribution < 1.29 is 4.79 Å². The summed E-state index contributed by atoms with van der Waals surface area (Å²) >= 11 is 0.333. The van der Waals surface area contributed by atoms with Crippen molar-refractivity contribution in [2.75, 3.05) is 0 Å². The predicted octanol–water partition coefficient (Wildman–Crippen LogP) is 0.845. The van der Waals surface area contributed by atoms with Gasteiger partial charge in [-0.3, -0.25) is 0 Å². The van der Waals surface area contributed by atoms with Crippen LogP contribution in [0.4, 0.5) is 0 Å². The van der Waals surface area contributed by atoms with E-state index in [0.717, 1.165) is 6.42 Å². The van der Waals surface area contributed by atoms with Crippen molar-refractivity contribution in [1.29, 1.82) is 0 Å². The molecule has 3 N–H and O–H groups in total. The summed E-state index contributed by atoms with van der Waals surface area (Å²) in [5.41, 5.74) is 1.81. The van der Waals surface area contributed by atoms with E-state index in [2.05, 4.69) is 25.2 Å². The third-order valence-corrected chi connectivity index (χ3v) is 7.56. The molecule has 0 heterocycles. The molecule has 4 heteroatoms. The van der Waals surface area contributed by atoms with Gasteiger partial charge in [-0.1, -0.05) is 0 Å². The van der Waals surface area contributed by atoms with E-state index >= 15 is 0 Å². The second-order valence-corrected chi connectivity index (χ2v) is 8.02. The monoisotopic (exact) mass is 330 g/mol. The number of nitrogens with two attached hydrogens (primary N) is 1. The quantitative estimate of drug-likeness (QED) is 0.228. The van der Waals surface area contributed by atoms with Gasteiger partial charge in [0.2, 0.25) is 0 Å². The van der Waals surface area contributed by atoms with E-state index in [1.54, 1.807) is 12.2 Å². The van der Waals surface area contributed by atoms with E-state index in [-0.39, 0.29) is 5.91 Å². The van der Waals surface area contributed by atoms with Crippen LogP contribution in [0.1, 0.15) is 19.3 Å². The Labute approximate surface area is 111 Å². The first-order valence-electron chi connectivity index (χ1n) is 5.42. The Morgan fingerprint density at radius 1 is 1.31 bits per heavy atom. The fourth-order valence-corrected chi connectivity index (χ4v) is 5.07. The van der Waals surface area contributed by atoms with Gasteiger partial charge in [0.05, 0.1) is 0 Å². The molecule has 1 atom stereocenters. The van der Waals surface area contributed by atoms with Crippen molar-refractivity contribution in [3.8, 4) is 0 Å². The second kappa shape index (κ2) is 7.68. The minimum absolute atomic E-state index is 0.113. The van der Waals surface area contributed by atoms with Crippen LogP contribution in [0.15, 0.2) is 38.0 Å². The summed E-state index contributed by atoms with van der Waals surface area (Å²) in [5.74, 6) is 5.17. The van der Waals surface area contributed by atoms with Crippen LogP contribution in [-0.4, -0.2) is 28.4 Å². The Balaban J connectivity index is 5.20. The van der Waals surface area contributed by atoms with Gasteiger partial charge >= 0.3 is 111 Å². The van der Waals surface area contributed by atoms with Gasteiger partial charge < -0.3 is 0 Å². The van der Waals surface area contributed by atoms with Crippen molar-refractivity contribution >= 4 is 28.4 Å². The molecule has 0 aromatic heterocycles. The third-order valence-electron chi connectivity index (χ3n) is 3.06. The van der Waals surface area contributed by atoms with Gasteiger partial charge in [0.25, 0.3) is 0 Å². The molecule has 0 radical (unpaired) electrons. The van der Waals surface area contributed by atoms with Crippen molar-refractivity contribution in [3.63, 3.8) is 0 Å². The summed E-state index contributed by atoms with van der Waals surface area (Å²) in [6, 6.07) is 0. The van der Waals surface area contributed by atoms with E-state index in [4.69, 9.17) is 5.84 Å².